The summed E-state index contributed by atoms with van der Waals surface area (Å²) in [5, 5.41) is 20.0. The third-order valence-electron chi connectivity index (χ3n) is 4.94. The third-order valence-corrected chi connectivity index (χ3v) is 5.26. The molecule has 162 valence electrons. The molecule has 0 amide bonds. The Balaban J connectivity index is 1.66. The quantitative estimate of drug-likeness (QED) is 0.504. The average Bonchev–Trinajstić information content (AvgIpc) is 3.24. The van der Waals surface area contributed by atoms with Crippen molar-refractivity contribution in [2.45, 2.75) is 13.0 Å². The molecule has 0 atom stereocenters. The van der Waals surface area contributed by atoms with Gasteiger partial charge in [0, 0.05) is 12.1 Å². The zero-order valence-corrected chi connectivity index (χ0v) is 17.4. The average molecular weight is 453 g/mol. The molecule has 3 N–H and O–H groups in total. The minimum Gasteiger partial charge on any atom is -0.503 e. The highest BCUT2D eigenvalue weighted by Crippen LogP contribution is 2.25. The van der Waals surface area contributed by atoms with Crippen LogP contribution in [0.4, 0.5) is 8.78 Å². The Hall–Kier alpha value is -3.85. The molecule has 0 unspecified atom stereocenters. The van der Waals surface area contributed by atoms with Crippen LogP contribution in [-0.4, -0.2) is 25.5 Å². The second-order valence-electron chi connectivity index (χ2n) is 7.07. The maximum absolute atomic E-state index is 13.6. The number of allylic oxidation sites excluding steroid dienone is 2. The van der Waals surface area contributed by atoms with Crippen LogP contribution in [-0.2, 0) is 13.0 Å². The number of halogens is 2. The monoisotopic (exact) mass is 453 g/mol. The number of aryl methyl sites for hydroxylation is 1. The molecular formula is C23H17F2N3O3S. The summed E-state index contributed by atoms with van der Waals surface area (Å²) in [6, 6.07) is 11.5. The zero-order chi connectivity index (χ0) is 22.8. The van der Waals surface area contributed by atoms with Crippen molar-refractivity contribution in [3.63, 3.8) is 0 Å². The molecule has 2 heterocycles. The number of nitrogens with one attached hydrogen (secondary N) is 1. The summed E-state index contributed by atoms with van der Waals surface area (Å²) in [5.41, 5.74) is 1.06. The lowest BCUT2D eigenvalue weighted by molar-refractivity contribution is 0.396. The molecule has 2 aromatic carbocycles. The van der Waals surface area contributed by atoms with Gasteiger partial charge in [0.25, 0.3) is 5.56 Å². The van der Waals surface area contributed by atoms with E-state index in [1.54, 1.807) is 0 Å². The normalized spacial score (nSPS) is 14.2. The van der Waals surface area contributed by atoms with Crippen molar-refractivity contribution >= 4 is 24.0 Å². The largest absolute Gasteiger partial charge is 0.503 e. The molecule has 0 aliphatic carbocycles. The maximum atomic E-state index is 13.6. The van der Waals surface area contributed by atoms with Gasteiger partial charge in [-0.1, -0.05) is 30.3 Å². The highest BCUT2D eigenvalue weighted by Gasteiger charge is 2.16. The van der Waals surface area contributed by atoms with Crippen LogP contribution in [0, 0.1) is 16.4 Å². The Morgan fingerprint density at radius 2 is 1.78 bits per heavy atom. The fourth-order valence-electron chi connectivity index (χ4n) is 3.28. The van der Waals surface area contributed by atoms with Crippen LogP contribution >= 0.6 is 12.2 Å². The number of benzene rings is 2. The van der Waals surface area contributed by atoms with E-state index in [9.17, 15) is 23.8 Å². The summed E-state index contributed by atoms with van der Waals surface area (Å²) >= 11 is 5.20. The van der Waals surface area contributed by atoms with Crippen molar-refractivity contribution in [2.24, 2.45) is 4.99 Å². The highest BCUT2D eigenvalue weighted by molar-refractivity contribution is 7.71. The second kappa shape index (κ2) is 8.72. The van der Waals surface area contributed by atoms with Gasteiger partial charge < -0.3 is 10.2 Å². The van der Waals surface area contributed by atoms with Gasteiger partial charge in [0.2, 0.25) is 5.88 Å². The number of hydrogen-bond donors (Lipinski definition) is 3. The summed E-state index contributed by atoms with van der Waals surface area (Å²) in [6.45, 7) is 0.345. The molecular weight excluding hydrogens is 436 g/mol. The Bertz CT molecular complexity index is 1380. The van der Waals surface area contributed by atoms with E-state index in [-0.39, 0.29) is 27.5 Å². The van der Waals surface area contributed by atoms with Gasteiger partial charge in [0.15, 0.2) is 22.2 Å². The van der Waals surface area contributed by atoms with Crippen molar-refractivity contribution in [2.75, 3.05) is 0 Å². The lowest BCUT2D eigenvalue weighted by Crippen LogP contribution is -2.17. The summed E-state index contributed by atoms with van der Waals surface area (Å²) in [6.07, 6.45) is 4.99. The number of aromatic nitrogens is 2. The van der Waals surface area contributed by atoms with E-state index in [2.05, 4.69) is 9.98 Å². The minimum atomic E-state index is -1.11. The molecule has 4 rings (SSSR count). The summed E-state index contributed by atoms with van der Waals surface area (Å²) in [5.74, 6) is -3.58. The summed E-state index contributed by atoms with van der Waals surface area (Å²) in [7, 11) is 0. The molecule has 0 saturated heterocycles. The van der Waals surface area contributed by atoms with Gasteiger partial charge in [-0.2, -0.15) is 0 Å². The van der Waals surface area contributed by atoms with Crippen LogP contribution in [0.5, 0.6) is 11.6 Å². The van der Waals surface area contributed by atoms with Crippen LogP contribution in [0.1, 0.15) is 16.7 Å². The SMILES string of the molecule is O=c1[nH]c(=S)n(CCc2ccccc2)c(O)c1C=C1C=CC(c2cc(F)c(O)c(F)c2)=N1. The number of H-pyrrole nitrogens is 1. The Labute approximate surface area is 186 Å². The molecule has 0 saturated carbocycles. The van der Waals surface area contributed by atoms with Crippen molar-refractivity contribution in [3.8, 4) is 11.6 Å². The summed E-state index contributed by atoms with van der Waals surface area (Å²) < 4.78 is 28.8. The molecule has 1 aliphatic heterocycles. The highest BCUT2D eigenvalue weighted by atomic mass is 32.1. The Kier molecular flexibility index (Phi) is 5.83. The molecule has 0 radical (unpaired) electrons. The number of phenolic OH excluding ortho intramolecular Hbond substituents is 1. The summed E-state index contributed by atoms with van der Waals surface area (Å²) in [4.78, 5) is 19.2. The first kappa shape index (κ1) is 21.4. The first-order valence-corrected chi connectivity index (χ1v) is 10.0. The topological polar surface area (TPSA) is 90.6 Å². The standard InChI is InChI=1S/C23H17F2N3O3S/c24-17-10-14(11-18(25)20(17)29)19-7-6-15(26-19)12-16-21(30)27-23(32)28(22(16)31)9-8-13-4-2-1-3-5-13/h1-7,10-12,29,31H,8-9H2,(H,27,30,32). The van der Waals surface area contributed by atoms with E-state index in [4.69, 9.17) is 12.2 Å². The van der Waals surface area contributed by atoms with Crippen molar-refractivity contribution in [1.82, 2.24) is 9.55 Å². The smallest absolute Gasteiger partial charge is 0.262 e. The van der Waals surface area contributed by atoms with E-state index in [1.165, 1.54) is 22.8 Å². The van der Waals surface area contributed by atoms with E-state index in [0.29, 0.717) is 18.7 Å². The second-order valence-corrected chi connectivity index (χ2v) is 7.46. The zero-order valence-electron chi connectivity index (χ0n) is 16.5. The van der Waals surface area contributed by atoms with E-state index in [0.717, 1.165) is 17.7 Å². The molecule has 1 aromatic heterocycles. The number of hydrogen-bond acceptors (Lipinski definition) is 5. The lowest BCUT2D eigenvalue weighted by atomic mass is 10.1. The van der Waals surface area contributed by atoms with Crippen LogP contribution in [0.2, 0.25) is 0 Å². The van der Waals surface area contributed by atoms with Crippen molar-refractivity contribution in [1.29, 1.82) is 0 Å². The van der Waals surface area contributed by atoms with Crippen LogP contribution in [0.15, 0.2) is 70.1 Å². The van der Waals surface area contributed by atoms with E-state index >= 15 is 0 Å². The predicted octanol–water partition coefficient (Wildman–Crippen LogP) is 4.24. The van der Waals surface area contributed by atoms with Gasteiger partial charge >= 0.3 is 0 Å². The van der Waals surface area contributed by atoms with Gasteiger partial charge in [-0.15, -0.1) is 0 Å². The molecule has 0 spiro atoms. The van der Waals surface area contributed by atoms with Crippen molar-refractivity contribution in [3.05, 3.63) is 104 Å². The molecule has 1 aliphatic rings. The molecule has 32 heavy (non-hydrogen) atoms. The predicted molar refractivity (Wildman–Crippen MR) is 119 cm³/mol. The van der Waals surface area contributed by atoms with Crippen LogP contribution in [0.25, 0.3) is 6.08 Å². The molecule has 9 heteroatoms. The fraction of sp³-hybridized carbons (Fsp3) is 0.0870. The lowest BCUT2D eigenvalue weighted by Gasteiger charge is -2.11. The van der Waals surface area contributed by atoms with Gasteiger partial charge in [-0.25, -0.2) is 13.8 Å². The first-order valence-electron chi connectivity index (χ1n) is 9.60. The van der Waals surface area contributed by atoms with Gasteiger partial charge in [0.05, 0.1) is 11.4 Å². The molecule has 0 bridgehead atoms. The number of aliphatic imine (C=N–C) groups is 1. The minimum absolute atomic E-state index is 0.0422. The fourth-order valence-corrected chi connectivity index (χ4v) is 3.55. The van der Waals surface area contributed by atoms with Crippen LogP contribution < -0.4 is 5.56 Å². The molecule has 6 nitrogen and oxygen atoms in total. The maximum Gasteiger partial charge on any atom is 0.262 e. The van der Waals surface area contributed by atoms with E-state index < -0.39 is 22.9 Å². The van der Waals surface area contributed by atoms with Gasteiger partial charge in [0.1, 0.15) is 5.56 Å². The van der Waals surface area contributed by atoms with Gasteiger partial charge in [-0.3, -0.25) is 14.3 Å². The molecule has 3 aromatic rings. The Morgan fingerprint density at radius 3 is 2.47 bits per heavy atom. The molecule has 0 fully saturated rings. The third kappa shape index (κ3) is 4.28. The number of nitrogens with zero attached hydrogens (tertiary/aromatic N) is 2. The van der Waals surface area contributed by atoms with Crippen LogP contribution in [0.3, 0.4) is 0 Å². The van der Waals surface area contributed by atoms with Crippen molar-refractivity contribution < 1.29 is 19.0 Å². The number of phenols is 1. The Morgan fingerprint density at radius 1 is 1.09 bits per heavy atom. The van der Waals surface area contributed by atoms with Gasteiger partial charge in [-0.05, 0) is 54.6 Å². The first-order chi connectivity index (χ1) is 15.3. The number of aromatic hydroxyl groups is 2. The van der Waals surface area contributed by atoms with E-state index in [1.807, 2.05) is 30.3 Å². The number of aromatic amines is 1. The number of rotatable bonds is 5.